The van der Waals surface area contributed by atoms with Crippen LogP contribution in [0.25, 0.3) is 21.5 Å². The predicted octanol–water partition coefficient (Wildman–Crippen LogP) is 8.06. The van der Waals surface area contributed by atoms with E-state index in [-0.39, 0.29) is 0 Å². The fourth-order valence-corrected chi connectivity index (χ4v) is 4.30. The number of fused-ring (bicyclic) bond motifs is 2. The van der Waals surface area contributed by atoms with Crippen LogP contribution in [0.15, 0.2) is 97.1 Å². The van der Waals surface area contributed by atoms with E-state index in [4.69, 9.17) is 6.42 Å². The summed E-state index contributed by atoms with van der Waals surface area (Å²) in [5.41, 5.74) is 6.83. The minimum atomic E-state index is 0.947. The molecule has 0 saturated heterocycles. The maximum absolute atomic E-state index is 6.00. The number of benzene rings is 5. The molecule has 0 saturated carbocycles. The van der Waals surface area contributed by atoms with Gasteiger partial charge in [-0.1, -0.05) is 89.8 Å². The third kappa shape index (κ3) is 3.23. The number of rotatable bonds is 3. The van der Waals surface area contributed by atoms with Crippen molar-refractivity contribution in [2.75, 3.05) is 4.90 Å². The molecule has 5 rings (SSSR count). The van der Waals surface area contributed by atoms with E-state index in [0.29, 0.717) is 0 Å². The lowest BCUT2D eigenvalue weighted by Gasteiger charge is -2.29. The molecular weight excluding hydrogens is 374 g/mol. The molecule has 0 radical (unpaired) electrons. The smallest absolute Gasteiger partial charge is 0.0619 e. The van der Waals surface area contributed by atoms with Gasteiger partial charge in [0.15, 0.2) is 0 Å². The monoisotopic (exact) mass is 397 g/mol. The lowest BCUT2D eigenvalue weighted by Crippen LogP contribution is -2.11. The van der Waals surface area contributed by atoms with Crippen molar-refractivity contribution in [3.63, 3.8) is 0 Å². The number of terminal acetylenes is 1. The Morgan fingerprint density at radius 1 is 0.548 bits per heavy atom. The molecule has 0 aromatic heterocycles. The largest absolute Gasteiger partial charge is 0.309 e. The molecule has 0 spiro atoms. The van der Waals surface area contributed by atoms with E-state index >= 15 is 0 Å². The van der Waals surface area contributed by atoms with Crippen LogP contribution in [-0.2, 0) is 0 Å². The molecule has 0 heterocycles. The second-order valence-corrected chi connectivity index (χ2v) is 7.97. The molecular formula is C30H23N. The van der Waals surface area contributed by atoms with Gasteiger partial charge in [0.05, 0.1) is 5.69 Å². The van der Waals surface area contributed by atoms with Gasteiger partial charge in [-0.15, -0.1) is 6.42 Å². The molecule has 5 aromatic carbocycles. The Bertz CT molecular complexity index is 1330. The Balaban J connectivity index is 1.94. The molecule has 0 fully saturated rings. The van der Waals surface area contributed by atoms with Gasteiger partial charge in [0.25, 0.3) is 0 Å². The van der Waals surface area contributed by atoms with Gasteiger partial charge in [0.2, 0.25) is 0 Å². The van der Waals surface area contributed by atoms with E-state index in [1.807, 2.05) is 0 Å². The van der Waals surface area contributed by atoms with Crippen molar-refractivity contribution in [1.82, 2.24) is 0 Å². The van der Waals surface area contributed by atoms with Crippen LogP contribution in [0.2, 0.25) is 0 Å². The van der Waals surface area contributed by atoms with Crippen molar-refractivity contribution in [3.8, 4) is 12.3 Å². The van der Waals surface area contributed by atoms with Crippen molar-refractivity contribution in [1.29, 1.82) is 0 Å². The third-order valence-corrected chi connectivity index (χ3v) is 5.86. The van der Waals surface area contributed by atoms with Crippen LogP contribution in [0.3, 0.4) is 0 Å². The summed E-state index contributed by atoms with van der Waals surface area (Å²) in [4.78, 5) is 2.35. The Morgan fingerprint density at radius 2 is 0.935 bits per heavy atom. The molecule has 31 heavy (non-hydrogen) atoms. The molecule has 0 bridgehead atoms. The summed E-state index contributed by atoms with van der Waals surface area (Å²) in [7, 11) is 0. The van der Waals surface area contributed by atoms with Crippen LogP contribution < -0.4 is 4.90 Å². The summed E-state index contributed by atoms with van der Waals surface area (Å²) < 4.78 is 0. The summed E-state index contributed by atoms with van der Waals surface area (Å²) >= 11 is 0. The standard InChI is InChI=1S/C30H23N/c1-4-25-26-9-5-7-11-28(26)30(29-12-8-6-10-27(25)29)31(23-17-13-21(2)14-18-23)24-19-15-22(3)16-20-24/h1,5-20H,2-3H3. The molecule has 5 aromatic rings. The first-order valence-electron chi connectivity index (χ1n) is 10.5. The van der Waals surface area contributed by atoms with Gasteiger partial charge in [-0.2, -0.15) is 0 Å². The fourth-order valence-electron chi connectivity index (χ4n) is 4.30. The van der Waals surface area contributed by atoms with Gasteiger partial charge in [-0.3, -0.25) is 0 Å². The van der Waals surface area contributed by atoms with Crippen molar-refractivity contribution in [2.45, 2.75) is 13.8 Å². The second kappa shape index (κ2) is 7.67. The average Bonchev–Trinajstić information content (AvgIpc) is 2.81. The van der Waals surface area contributed by atoms with E-state index < -0.39 is 0 Å². The number of anilines is 3. The van der Waals surface area contributed by atoms with E-state index in [9.17, 15) is 0 Å². The lowest BCUT2D eigenvalue weighted by atomic mass is 9.94. The van der Waals surface area contributed by atoms with Crippen molar-refractivity contribution in [3.05, 3.63) is 114 Å². The molecule has 0 aliphatic rings. The van der Waals surface area contributed by atoms with Crippen LogP contribution in [0.1, 0.15) is 16.7 Å². The Morgan fingerprint density at radius 3 is 1.32 bits per heavy atom. The molecule has 1 heteroatoms. The van der Waals surface area contributed by atoms with E-state index in [1.165, 1.54) is 11.1 Å². The van der Waals surface area contributed by atoms with Gasteiger partial charge in [0.1, 0.15) is 0 Å². The number of nitrogens with zero attached hydrogens (tertiary/aromatic N) is 1. The van der Waals surface area contributed by atoms with Crippen molar-refractivity contribution in [2.24, 2.45) is 0 Å². The Kier molecular flexibility index (Phi) is 4.69. The summed E-state index contributed by atoms with van der Waals surface area (Å²) in [6, 6.07) is 34.3. The number of hydrogen-bond donors (Lipinski definition) is 0. The van der Waals surface area contributed by atoms with Crippen molar-refractivity contribution < 1.29 is 0 Å². The molecule has 0 aliphatic heterocycles. The zero-order valence-electron chi connectivity index (χ0n) is 17.8. The molecule has 0 aliphatic carbocycles. The zero-order chi connectivity index (χ0) is 21.4. The van der Waals surface area contributed by atoms with E-state index in [2.05, 4.69) is 122 Å². The number of aryl methyl sites for hydroxylation is 2. The molecule has 0 N–H and O–H groups in total. The minimum absolute atomic E-state index is 0.947. The number of hydrogen-bond acceptors (Lipinski definition) is 1. The quantitative estimate of drug-likeness (QED) is 0.220. The van der Waals surface area contributed by atoms with Crippen molar-refractivity contribution >= 4 is 38.6 Å². The Hall–Kier alpha value is -4.02. The Labute approximate surface area is 183 Å². The van der Waals surface area contributed by atoms with Crippen LogP contribution in [-0.4, -0.2) is 0 Å². The van der Waals surface area contributed by atoms with Gasteiger partial charge >= 0.3 is 0 Å². The van der Waals surface area contributed by atoms with Crippen LogP contribution >= 0.6 is 0 Å². The van der Waals surface area contributed by atoms with E-state index in [0.717, 1.165) is 44.2 Å². The molecule has 0 unspecified atom stereocenters. The maximum atomic E-state index is 6.00. The molecule has 1 nitrogen and oxygen atoms in total. The highest BCUT2D eigenvalue weighted by Gasteiger charge is 2.20. The van der Waals surface area contributed by atoms with Gasteiger partial charge in [0, 0.05) is 38.5 Å². The summed E-state index contributed by atoms with van der Waals surface area (Å²) in [5.74, 6) is 2.96. The highest BCUT2D eigenvalue weighted by molar-refractivity contribution is 6.17. The first-order valence-corrected chi connectivity index (χ1v) is 10.5. The van der Waals surface area contributed by atoms with Crippen LogP contribution in [0.5, 0.6) is 0 Å². The second-order valence-electron chi connectivity index (χ2n) is 7.97. The minimum Gasteiger partial charge on any atom is -0.309 e. The SMILES string of the molecule is C#Cc1c2ccccc2c(N(c2ccc(C)cc2)c2ccc(C)cc2)c2ccccc12. The van der Waals surface area contributed by atoms with Crippen LogP contribution in [0.4, 0.5) is 17.1 Å². The molecule has 0 atom stereocenters. The maximum Gasteiger partial charge on any atom is 0.0619 e. The average molecular weight is 398 g/mol. The highest BCUT2D eigenvalue weighted by Crippen LogP contribution is 2.45. The molecule has 148 valence electrons. The summed E-state index contributed by atoms with van der Waals surface area (Å²) in [6.45, 7) is 4.24. The normalized spacial score (nSPS) is 10.9. The topological polar surface area (TPSA) is 3.24 Å². The first-order chi connectivity index (χ1) is 15.2. The van der Waals surface area contributed by atoms with Crippen LogP contribution in [0, 0.1) is 26.2 Å². The predicted molar refractivity (Wildman–Crippen MR) is 134 cm³/mol. The first kappa shape index (κ1) is 19.0. The van der Waals surface area contributed by atoms with E-state index in [1.54, 1.807) is 0 Å². The summed E-state index contributed by atoms with van der Waals surface area (Å²) in [6.07, 6.45) is 6.00. The fraction of sp³-hybridized carbons (Fsp3) is 0.0667. The zero-order valence-corrected chi connectivity index (χ0v) is 17.8. The highest BCUT2D eigenvalue weighted by atomic mass is 15.1. The molecule has 0 amide bonds. The van der Waals surface area contributed by atoms with Gasteiger partial charge < -0.3 is 4.90 Å². The third-order valence-electron chi connectivity index (χ3n) is 5.86. The lowest BCUT2D eigenvalue weighted by molar-refractivity contribution is 1.29. The summed E-state index contributed by atoms with van der Waals surface area (Å²) in [5, 5.41) is 4.50. The van der Waals surface area contributed by atoms with Gasteiger partial charge in [-0.05, 0) is 38.1 Å². The van der Waals surface area contributed by atoms with Gasteiger partial charge in [-0.25, -0.2) is 0 Å².